The molecule has 0 radical (unpaired) electrons. The maximum Gasteiger partial charge on any atom is 0.332 e. The van der Waals surface area contributed by atoms with Crippen LogP contribution < -0.4 is 5.73 Å². The fourth-order valence-corrected chi connectivity index (χ4v) is 1.54. The van der Waals surface area contributed by atoms with Crippen LogP contribution in [-0.2, 0) is 19.3 Å². The number of nitrogens with zero attached hydrogens (tertiary/aromatic N) is 3. The standard InChI is InChI=1S/C13H13N5O4/c1-7(19)21-17-11(12(14)18-22-8(2)20)13-15-9-5-3-4-6-10(9)16-13/h3-6H,1-2H3,(H2,14,18)(H,15,16)/b17-11+. The van der Waals surface area contributed by atoms with E-state index >= 15 is 0 Å². The molecule has 0 spiro atoms. The van der Waals surface area contributed by atoms with E-state index in [9.17, 15) is 9.59 Å². The molecule has 114 valence electrons. The van der Waals surface area contributed by atoms with Gasteiger partial charge in [0.25, 0.3) is 0 Å². The van der Waals surface area contributed by atoms with Crippen molar-refractivity contribution in [1.29, 1.82) is 0 Å². The van der Waals surface area contributed by atoms with Crippen LogP contribution in [0.25, 0.3) is 11.0 Å². The van der Waals surface area contributed by atoms with E-state index in [1.165, 1.54) is 13.8 Å². The summed E-state index contributed by atoms with van der Waals surface area (Å²) in [5.41, 5.74) is 7.03. The van der Waals surface area contributed by atoms with Gasteiger partial charge in [-0.2, -0.15) is 0 Å². The van der Waals surface area contributed by atoms with Crippen LogP contribution in [0.15, 0.2) is 34.6 Å². The predicted octanol–water partition coefficient (Wildman–Crippen LogP) is 0.665. The van der Waals surface area contributed by atoms with Crippen LogP contribution in [0.4, 0.5) is 0 Å². The topological polar surface area (TPSA) is 132 Å². The van der Waals surface area contributed by atoms with Gasteiger partial charge in [0, 0.05) is 13.8 Å². The van der Waals surface area contributed by atoms with Crippen molar-refractivity contribution in [2.75, 3.05) is 0 Å². The molecule has 0 atom stereocenters. The van der Waals surface area contributed by atoms with Crippen LogP contribution in [0.2, 0.25) is 0 Å². The molecule has 0 bridgehead atoms. The van der Waals surface area contributed by atoms with Gasteiger partial charge in [0.15, 0.2) is 17.4 Å². The summed E-state index contributed by atoms with van der Waals surface area (Å²) in [5, 5.41) is 7.00. The number of para-hydroxylation sites is 2. The number of carbonyl (C=O) groups is 2. The molecule has 1 aromatic heterocycles. The number of carbonyl (C=O) groups excluding carboxylic acids is 2. The summed E-state index contributed by atoms with van der Waals surface area (Å²) in [7, 11) is 0. The Bertz CT molecular complexity index is 745. The van der Waals surface area contributed by atoms with Crippen molar-refractivity contribution in [3.8, 4) is 0 Å². The summed E-state index contributed by atoms with van der Waals surface area (Å²) in [6.45, 7) is 2.35. The maximum atomic E-state index is 10.9. The summed E-state index contributed by atoms with van der Waals surface area (Å²) in [5.74, 6) is -1.35. The lowest BCUT2D eigenvalue weighted by Crippen LogP contribution is -2.27. The van der Waals surface area contributed by atoms with Crippen LogP contribution in [0.3, 0.4) is 0 Å². The molecule has 9 heteroatoms. The highest BCUT2D eigenvalue weighted by atomic mass is 16.7. The van der Waals surface area contributed by atoms with Gasteiger partial charge in [-0.1, -0.05) is 22.4 Å². The SMILES string of the molecule is CC(=O)O/N=C(N)/C(=N\OC(C)=O)c1nc2ccccc2[nH]1. The molecule has 2 rings (SSSR count). The first-order valence-electron chi connectivity index (χ1n) is 6.19. The highest BCUT2D eigenvalue weighted by Gasteiger charge is 2.16. The second kappa shape index (κ2) is 6.48. The van der Waals surface area contributed by atoms with E-state index < -0.39 is 11.9 Å². The molecule has 0 fully saturated rings. The molecular weight excluding hydrogens is 290 g/mol. The molecule has 0 unspecified atom stereocenters. The number of benzene rings is 1. The first-order valence-corrected chi connectivity index (χ1v) is 6.19. The van der Waals surface area contributed by atoms with Crippen LogP contribution in [0, 0.1) is 0 Å². The number of nitrogens with two attached hydrogens (primary N) is 1. The lowest BCUT2D eigenvalue weighted by molar-refractivity contribution is -0.142. The van der Waals surface area contributed by atoms with Gasteiger partial charge >= 0.3 is 11.9 Å². The van der Waals surface area contributed by atoms with Gasteiger partial charge in [0.2, 0.25) is 0 Å². The quantitative estimate of drug-likeness (QED) is 0.369. The molecule has 22 heavy (non-hydrogen) atoms. The number of hydrogen-bond acceptors (Lipinski definition) is 7. The summed E-state index contributed by atoms with van der Waals surface area (Å²) in [6.07, 6.45) is 0. The summed E-state index contributed by atoms with van der Waals surface area (Å²) in [6, 6.07) is 7.21. The Kier molecular flexibility index (Phi) is 4.47. The highest BCUT2D eigenvalue weighted by molar-refractivity contribution is 6.46. The third-order valence-corrected chi connectivity index (χ3v) is 2.39. The van der Waals surface area contributed by atoms with Gasteiger partial charge in [0.05, 0.1) is 11.0 Å². The molecule has 9 nitrogen and oxygen atoms in total. The van der Waals surface area contributed by atoms with E-state index in [2.05, 4.69) is 30.0 Å². The van der Waals surface area contributed by atoms with E-state index in [1.54, 1.807) is 12.1 Å². The Balaban J connectivity index is 2.43. The number of H-pyrrole nitrogens is 1. The van der Waals surface area contributed by atoms with E-state index in [0.717, 1.165) is 5.52 Å². The van der Waals surface area contributed by atoms with Crippen molar-refractivity contribution in [2.24, 2.45) is 16.0 Å². The Morgan fingerprint density at radius 1 is 1.14 bits per heavy atom. The first-order chi connectivity index (χ1) is 10.5. The van der Waals surface area contributed by atoms with Crippen molar-refractivity contribution >= 4 is 34.5 Å². The third kappa shape index (κ3) is 3.66. The maximum absolute atomic E-state index is 10.9. The van der Waals surface area contributed by atoms with Crippen molar-refractivity contribution in [2.45, 2.75) is 13.8 Å². The zero-order valence-corrected chi connectivity index (χ0v) is 11.9. The summed E-state index contributed by atoms with van der Waals surface area (Å²) >= 11 is 0. The second-order valence-electron chi connectivity index (χ2n) is 4.18. The van der Waals surface area contributed by atoms with Crippen molar-refractivity contribution in [3.63, 3.8) is 0 Å². The Morgan fingerprint density at radius 2 is 1.77 bits per heavy atom. The zero-order valence-electron chi connectivity index (χ0n) is 11.9. The largest absolute Gasteiger partial charge is 0.379 e. The van der Waals surface area contributed by atoms with Gasteiger partial charge in [0.1, 0.15) is 0 Å². The summed E-state index contributed by atoms with van der Waals surface area (Å²) in [4.78, 5) is 37.9. The minimum Gasteiger partial charge on any atom is -0.379 e. The normalized spacial score (nSPS) is 12.3. The van der Waals surface area contributed by atoms with Crippen molar-refractivity contribution in [3.05, 3.63) is 30.1 Å². The third-order valence-electron chi connectivity index (χ3n) is 2.39. The lowest BCUT2D eigenvalue weighted by atomic mass is 10.3. The Hall–Kier alpha value is -3.23. The van der Waals surface area contributed by atoms with E-state index in [-0.39, 0.29) is 17.4 Å². The minimum atomic E-state index is -0.653. The number of aromatic amines is 1. The Labute approximate surface area is 124 Å². The van der Waals surface area contributed by atoms with Gasteiger partial charge in [-0.25, -0.2) is 14.6 Å². The van der Waals surface area contributed by atoms with Crippen LogP contribution >= 0.6 is 0 Å². The monoisotopic (exact) mass is 303 g/mol. The minimum absolute atomic E-state index is 0.0624. The molecule has 0 saturated carbocycles. The zero-order chi connectivity index (χ0) is 16.1. The molecule has 0 aliphatic heterocycles. The molecule has 2 aromatic rings. The van der Waals surface area contributed by atoms with Crippen LogP contribution in [-0.4, -0.2) is 33.5 Å². The molecule has 0 aliphatic carbocycles. The average Bonchev–Trinajstić information content (AvgIpc) is 2.88. The fraction of sp³-hybridized carbons (Fsp3) is 0.154. The van der Waals surface area contributed by atoms with Crippen LogP contribution in [0.1, 0.15) is 19.7 Å². The molecule has 3 N–H and O–H groups in total. The number of amidine groups is 1. The molecular formula is C13H13N5O4. The fourth-order valence-electron chi connectivity index (χ4n) is 1.54. The van der Waals surface area contributed by atoms with Crippen molar-refractivity contribution < 1.29 is 19.3 Å². The lowest BCUT2D eigenvalue weighted by Gasteiger charge is -2.01. The first kappa shape index (κ1) is 15.2. The Morgan fingerprint density at radius 3 is 2.41 bits per heavy atom. The number of aromatic nitrogens is 2. The molecule has 0 amide bonds. The molecule has 1 aromatic carbocycles. The predicted molar refractivity (Wildman–Crippen MR) is 77.8 cm³/mol. The van der Waals surface area contributed by atoms with Gasteiger partial charge < -0.3 is 20.4 Å². The van der Waals surface area contributed by atoms with Gasteiger partial charge in [-0.05, 0) is 12.1 Å². The average molecular weight is 303 g/mol. The molecule has 1 heterocycles. The number of rotatable bonds is 4. The molecule has 0 saturated heterocycles. The van der Waals surface area contributed by atoms with E-state index in [1.807, 2.05) is 12.1 Å². The highest BCUT2D eigenvalue weighted by Crippen LogP contribution is 2.11. The van der Waals surface area contributed by atoms with E-state index in [0.29, 0.717) is 5.52 Å². The summed E-state index contributed by atoms with van der Waals surface area (Å²) < 4.78 is 0. The number of fused-ring (bicyclic) bond motifs is 1. The second-order valence-corrected chi connectivity index (χ2v) is 4.18. The van der Waals surface area contributed by atoms with Crippen LogP contribution in [0.5, 0.6) is 0 Å². The number of hydrogen-bond donors (Lipinski definition) is 2. The smallest absolute Gasteiger partial charge is 0.332 e. The molecule has 0 aliphatic rings. The van der Waals surface area contributed by atoms with Gasteiger partial charge in [-0.15, -0.1) is 0 Å². The van der Waals surface area contributed by atoms with E-state index in [4.69, 9.17) is 5.73 Å². The number of imidazole rings is 1. The number of nitrogens with one attached hydrogen (secondary N) is 1. The van der Waals surface area contributed by atoms with Gasteiger partial charge in [-0.3, -0.25) is 0 Å². The number of oxime groups is 2. The van der Waals surface area contributed by atoms with Crippen molar-refractivity contribution in [1.82, 2.24) is 9.97 Å².